The average Bonchev–Trinajstić information content (AvgIpc) is 2.53. The highest BCUT2D eigenvalue weighted by molar-refractivity contribution is 5.84. The lowest BCUT2D eigenvalue weighted by Gasteiger charge is -2.10. The molecule has 2 aromatic carbocycles. The zero-order valence-electron chi connectivity index (χ0n) is 12.7. The molecule has 116 valence electrons. The third kappa shape index (κ3) is 3.37. The molecule has 0 saturated heterocycles. The Morgan fingerprint density at radius 3 is 2.74 bits per heavy atom. The van der Waals surface area contributed by atoms with Gasteiger partial charge in [-0.15, -0.1) is 0 Å². The van der Waals surface area contributed by atoms with Crippen LogP contribution in [0.4, 0.5) is 4.39 Å². The number of carboxylic acids is 1. The SMILES string of the molecule is CC(CC(=O)O)c1ccc2cc(-c3cccc(F)c3)cnc2c1. The van der Waals surface area contributed by atoms with E-state index in [-0.39, 0.29) is 18.2 Å². The maximum atomic E-state index is 13.3. The number of nitrogens with zero attached hydrogens (tertiary/aromatic N) is 1. The number of carboxylic acid groups (broad SMARTS) is 1. The highest BCUT2D eigenvalue weighted by Gasteiger charge is 2.11. The molecular formula is C19H16FNO2. The van der Waals surface area contributed by atoms with E-state index in [4.69, 9.17) is 5.11 Å². The van der Waals surface area contributed by atoms with Crippen molar-refractivity contribution < 1.29 is 14.3 Å². The lowest BCUT2D eigenvalue weighted by atomic mass is 9.96. The molecule has 1 heterocycles. The van der Waals surface area contributed by atoms with Crippen LogP contribution in [0.2, 0.25) is 0 Å². The molecule has 0 aliphatic heterocycles. The maximum Gasteiger partial charge on any atom is 0.303 e. The van der Waals surface area contributed by atoms with Gasteiger partial charge in [0.15, 0.2) is 0 Å². The van der Waals surface area contributed by atoms with Gasteiger partial charge in [-0.3, -0.25) is 9.78 Å². The van der Waals surface area contributed by atoms with Gasteiger partial charge in [-0.05, 0) is 41.3 Å². The molecular weight excluding hydrogens is 293 g/mol. The van der Waals surface area contributed by atoms with Crippen LogP contribution in [0.1, 0.15) is 24.8 Å². The molecule has 4 heteroatoms. The predicted molar refractivity (Wildman–Crippen MR) is 87.8 cm³/mol. The van der Waals surface area contributed by atoms with Crippen molar-refractivity contribution in [3.8, 4) is 11.1 Å². The quantitative estimate of drug-likeness (QED) is 0.765. The Kier molecular flexibility index (Phi) is 4.06. The summed E-state index contributed by atoms with van der Waals surface area (Å²) < 4.78 is 13.3. The van der Waals surface area contributed by atoms with Crippen LogP contribution in [0.15, 0.2) is 54.7 Å². The Morgan fingerprint density at radius 2 is 2.00 bits per heavy atom. The lowest BCUT2D eigenvalue weighted by molar-refractivity contribution is -0.137. The monoisotopic (exact) mass is 309 g/mol. The third-order valence-corrected chi connectivity index (χ3v) is 3.92. The molecule has 1 atom stereocenters. The first-order valence-electron chi connectivity index (χ1n) is 7.40. The summed E-state index contributed by atoms with van der Waals surface area (Å²) in [4.78, 5) is 15.3. The smallest absolute Gasteiger partial charge is 0.303 e. The number of aliphatic carboxylic acids is 1. The number of benzene rings is 2. The van der Waals surface area contributed by atoms with Gasteiger partial charge >= 0.3 is 5.97 Å². The van der Waals surface area contributed by atoms with Gasteiger partial charge in [0.1, 0.15) is 5.82 Å². The van der Waals surface area contributed by atoms with E-state index < -0.39 is 5.97 Å². The van der Waals surface area contributed by atoms with Crippen molar-refractivity contribution in [3.63, 3.8) is 0 Å². The number of halogens is 1. The van der Waals surface area contributed by atoms with Gasteiger partial charge < -0.3 is 5.11 Å². The van der Waals surface area contributed by atoms with Crippen LogP contribution in [0.25, 0.3) is 22.0 Å². The molecule has 1 N–H and O–H groups in total. The number of carbonyl (C=O) groups is 1. The first-order valence-corrected chi connectivity index (χ1v) is 7.40. The minimum atomic E-state index is -0.813. The fourth-order valence-electron chi connectivity index (χ4n) is 2.65. The highest BCUT2D eigenvalue weighted by Crippen LogP contribution is 2.26. The number of rotatable bonds is 4. The summed E-state index contributed by atoms with van der Waals surface area (Å²) in [6.45, 7) is 1.89. The Bertz CT molecular complexity index is 876. The van der Waals surface area contributed by atoms with Crippen molar-refractivity contribution in [1.29, 1.82) is 0 Å². The molecule has 0 saturated carbocycles. The first kappa shape index (κ1) is 15.2. The van der Waals surface area contributed by atoms with Crippen molar-refractivity contribution >= 4 is 16.9 Å². The average molecular weight is 309 g/mol. The molecule has 1 unspecified atom stereocenters. The molecule has 23 heavy (non-hydrogen) atoms. The molecule has 0 spiro atoms. The summed E-state index contributed by atoms with van der Waals surface area (Å²) in [5.74, 6) is -1.16. The maximum absolute atomic E-state index is 13.3. The van der Waals surface area contributed by atoms with E-state index in [2.05, 4.69) is 4.98 Å². The second-order valence-corrected chi connectivity index (χ2v) is 5.69. The van der Waals surface area contributed by atoms with Gasteiger partial charge in [0.25, 0.3) is 0 Å². The van der Waals surface area contributed by atoms with Crippen molar-refractivity contribution in [2.75, 3.05) is 0 Å². The van der Waals surface area contributed by atoms with Crippen LogP contribution in [-0.4, -0.2) is 16.1 Å². The van der Waals surface area contributed by atoms with Gasteiger partial charge in [-0.2, -0.15) is 0 Å². The topological polar surface area (TPSA) is 50.2 Å². The zero-order chi connectivity index (χ0) is 16.4. The lowest BCUT2D eigenvalue weighted by Crippen LogP contribution is -2.02. The Balaban J connectivity index is 1.97. The van der Waals surface area contributed by atoms with E-state index in [1.165, 1.54) is 12.1 Å². The fraction of sp³-hybridized carbons (Fsp3) is 0.158. The van der Waals surface area contributed by atoms with E-state index in [0.29, 0.717) is 0 Å². The Labute approximate surface area is 133 Å². The number of hydrogen-bond donors (Lipinski definition) is 1. The van der Waals surface area contributed by atoms with E-state index >= 15 is 0 Å². The van der Waals surface area contributed by atoms with E-state index in [0.717, 1.165) is 27.6 Å². The minimum absolute atomic E-state index is 0.0680. The Hall–Kier alpha value is -2.75. The molecule has 3 aromatic rings. The second-order valence-electron chi connectivity index (χ2n) is 5.69. The van der Waals surface area contributed by atoms with Crippen LogP contribution >= 0.6 is 0 Å². The number of fused-ring (bicyclic) bond motifs is 1. The molecule has 1 aromatic heterocycles. The summed E-state index contributed by atoms with van der Waals surface area (Å²) >= 11 is 0. The minimum Gasteiger partial charge on any atom is -0.481 e. The standard InChI is InChI=1S/C19H16FNO2/c1-12(7-19(22)23)13-5-6-15-8-16(11-21-18(15)10-13)14-3-2-4-17(20)9-14/h2-6,8-12H,7H2,1H3,(H,22,23). The summed E-state index contributed by atoms with van der Waals surface area (Å²) in [5, 5.41) is 9.84. The molecule has 0 aliphatic carbocycles. The van der Waals surface area contributed by atoms with Crippen molar-refractivity contribution in [1.82, 2.24) is 4.98 Å². The number of hydrogen-bond acceptors (Lipinski definition) is 2. The van der Waals surface area contributed by atoms with E-state index in [9.17, 15) is 9.18 Å². The van der Waals surface area contributed by atoms with E-state index in [1.807, 2.05) is 37.3 Å². The van der Waals surface area contributed by atoms with Crippen LogP contribution in [0.3, 0.4) is 0 Å². The highest BCUT2D eigenvalue weighted by atomic mass is 19.1. The molecule has 0 amide bonds. The van der Waals surface area contributed by atoms with Gasteiger partial charge in [-0.1, -0.05) is 31.2 Å². The van der Waals surface area contributed by atoms with Crippen molar-refractivity contribution in [2.45, 2.75) is 19.3 Å². The molecule has 0 bridgehead atoms. The molecule has 0 fully saturated rings. The first-order chi connectivity index (χ1) is 11.0. The number of pyridine rings is 1. The molecule has 0 aliphatic rings. The van der Waals surface area contributed by atoms with E-state index in [1.54, 1.807) is 12.3 Å². The summed E-state index contributed by atoms with van der Waals surface area (Å²) in [6.07, 6.45) is 1.80. The Morgan fingerprint density at radius 1 is 1.17 bits per heavy atom. The van der Waals surface area contributed by atoms with Gasteiger partial charge in [-0.25, -0.2) is 4.39 Å². The molecule has 3 rings (SSSR count). The fourth-order valence-corrected chi connectivity index (χ4v) is 2.65. The van der Waals surface area contributed by atoms with Crippen LogP contribution in [-0.2, 0) is 4.79 Å². The molecule has 3 nitrogen and oxygen atoms in total. The third-order valence-electron chi connectivity index (χ3n) is 3.92. The van der Waals surface area contributed by atoms with Gasteiger partial charge in [0, 0.05) is 17.1 Å². The molecule has 0 radical (unpaired) electrons. The van der Waals surface area contributed by atoms with Crippen LogP contribution < -0.4 is 0 Å². The largest absolute Gasteiger partial charge is 0.481 e. The van der Waals surface area contributed by atoms with Crippen LogP contribution in [0.5, 0.6) is 0 Å². The van der Waals surface area contributed by atoms with Crippen molar-refractivity contribution in [2.24, 2.45) is 0 Å². The van der Waals surface area contributed by atoms with Crippen LogP contribution in [0, 0.1) is 5.82 Å². The zero-order valence-corrected chi connectivity index (χ0v) is 12.7. The summed E-state index contributed by atoms with van der Waals surface area (Å²) in [6, 6.07) is 14.1. The van der Waals surface area contributed by atoms with Crippen molar-refractivity contribution in [3.05, 3.63) is 66.1 Å². The van der Waals surface area contributed by atoms with Gasteiger partial charge in [0.05, 0.1) is 11.9 Å². The predicted octanol–water partition coefficient (Wildman–Crippen LogP) is 4.62. The van der Waals surface area contributed by atoms with Gasteiger partial charge in [0.2, 0.25) is 0 Å². The second kappa shape index (κ2) is 6.16. The number of aromatic nitrogens is 1. The summed E-state index contributed by atoms with van der Waals surface area (Å²) in [7, 11) is 0. The normalized spacial score (nSPS) is 12.3. The summed E-state index contributed by atoms with van der Waals surface area (Å²) in [5.41, 5.74) is 3.39.